The number of nitrogens with two attached hydrogens (primary N) is 1. The third-order valence-electron chi connectivity index (χ3n) is 3.87. The summed E-state index contributed by atoms with van der Waals surface area (Å²) < 4.78 is 4.96. The van der Waals surface area contributed by atoms with E-state index < -0.39 is 61.1 Å². The normalized spacial score (nSPS) is 33.0. The Morgan fingerprint density at radius 2 is 1.71 bits per heavy atom. The van der Waals surface area contributed by atoms with Crippen LogP contribution in [0.2, 0.25) is 0 Å². The van der Waals surface area contributed by atoms with E-state index in [4.69, 9.17) is 15.6 Å². The van der Waals surface area contributed by atoms with E-state index >= 15 is 0 Å². The molecule has 10 heteroatoms. The van der Waals surface area contributed by atoms with E-state index in [1.54, 1.807) is 13.8 Å². The molecule has 0 aromatic rings. The molecule has 0 aromatic carbocycles. The fourth-order valence-corrected chi connectivity index (χ4v) is 2.33. The van der Waals surface area contributed by atoms with Crippen LogP contribution in [0.1, 0.15) is 20.8 Å². The Morgan fingerprint density at radius 3 is 2.17 bits per heavy atom. The second-order valence-corrected chi connectivity index (χ2v) is 6.28. The van der Waals surface area contributed by atoms with Gasteiger partial charge in [-0.3, -0.25) is 9.59 Å². The van der Waals surface area contributed by atoms with Crippen molar-refractivity contribution < 1.29 is 34.8 Å². The van der Waals surface area contributed by atoms with Gasteiger partial charge in [0.15, 0.2) is 6.29 Å². The van der Waals surface area contributed by atoms with Gasteiger partial charge in [0.25, 0.3) is 0 Å². The molecule has 0 unspecified atom stereocenters. The Kier molecular flexibility index (Phi) is 7.52. The van der Waals surface area contributed by atoms with Crippen molar-refractivity contribution in [3.63, 3.8) is 0 Å². The second kappa shape index (κ2) is 8.70. The van der Waals surface area contributed by atoms with Crippen LogP contribution in [0.15, 0.2) is 0 Å². The van der Waals surface area contributed by atoms with Crippen molar-refractivity contribution in [2.24, 2.45) is 11.7 Å². The number of aliphatic hydroxyl groups excluding tert-OH is 4. The number of nitrogens with one attached hydrogen (secondary N) is 2. The van der Waals surface area contributed by atoms with E-state index in [1.807, 2.05) is 0 Å². The molecule has 0 aromatic heterocycles. The molecule has 1 heterocycles. The Labute approximate surface area is 140 Å². The van der Waals surface area contributed by atoms with Gasteiger partial charge < -0.3 is 41.5 Å². The summed E-state index contributed by atoms with van der Waals surface area (Å²) in [5.74, 6) is -1.48. The molecule has 10 nitrogen and oxygen atoms in total. The van der Waals surface area contributed by atoms with Gasteiger partial charge in [0.2, 0.25) is 11.8 Å². The predicted molar refractivity (Wildman–Crippen MR) is 82.3 cm³/mol. The van der Waals surface area contributed by atoms with Crippen molar-refractivity contribution in [3.8, 4) is 0 Å². The molecule has 140 valence electrons. The first kappa shape index (κ1) is 20.7. The molecule has 1 fully saturated rings. The van der Waals surface area contributed by atoms with Crippen LogP contribution in [-0.4, -0.2) is 81.6 Å². The van der Waals surface area contributed by atoms with Crippen LogP contribution >= 0.6 is 0 Å². The van der Waals surface area contributed by atoms with Gasteiger partial charge in [-0.05, 0) is 12.8 Å². The van der Waals surface area contributed by atoms with Crippen LogP contribution in [0.25, 0.3) is 0 Å². The molecule has 8 N–H and O–H groups in total. The highest BCUT2D eigenvalue weighted by Crippen LogP contribution is 2.20. The minimum atomic E-state index is -1.62. The van der Waals surface area contributed by atoms with Gasteiger partial charge in [-0.2, -0.15) is 0 Å². The number of rotatable bonds is 6. The Hall–Kier alpha value is -1.30. The fourth-order valence-electron chi connectivity index (χ4n) is 2.33. The van der Waals surface area contributed by atoms with Crippen LogP contribution in [0.3, 0.4) is 0 Å². The molecular formula is C14H27N3O7. The topological polar surface area (TPSA) is 174 Å². The number of hydrogen-bond acceptors (Lipinski definition) is 8. The zero-order valence-electron chi connectivity index (χ0n) is 13.9. The third-order valence-corrected chi connectivity index (χ3v) is 3.87. The summed E-state index contributed by atoms with van der Waals surface area (Å²) in [6.07, 6.45) is -5.82. The van der Waals surface area contributed by atoms with Crippen LogP contribution in [0, 0.1) is 5.92 Å². The van der Waals surface area contributed by atoms with E-state index in [0.29, 0.717) is 0 Å². The molecule has 0 aliphatic carbocycles. The van der Waals surface area contributed by atoms with Gasteiger partial charge in [-0.25, -0.2) is 0 Å². The van der Waals surface area contributed by atoms with Crippen molar-refractivity contribution in [3.05, 3.63) is 0 Å². The average molecular weight is 349 g/mol. The first-order valence-electron chi connectivity index (χ1n) is 7.77. The third kappa shape index (κ3) is 4.85. The smallest absolute Gasteiger partial charge is 0.243 e. The molecule has 0 radical (unpaired) electrons. The van der Waals surface area contributed by atoms with E-state index in [1.165, 1.54) is 6.92 Å². The molecule has 0 bridgehead atoms. The number of carbonyl (C=O) groups excluding carboxylic acids is 2. The van der Waals surface area contributed by atoms with Gasteiger partial charge >= 0.3 is 0 Å². The summed E-state index contributed by atoms with van der Waals surface area (Å²) in [5.41, 5.74) is 5.46. The summed E-state index contributed by atoms with van der Waals surface area (Å²) in [6, 6.07) is -3.07. The summed E-state index contributed by atoms with van der Waals surface area (Å²) in [5, 5.41) is 43.6. The van der Waals surface area contributed by atoms with E-state index in [2.05, 4.69) is 10.6 Å². The fraction of sp³-hybridized carbons (Fsp3) is 0.857. The molecule has 0 spiro atoms. The highest BCUT2D eigenvalue weighted by Gasteiger charge is 2.45. The number of ether oxygens (including phenoxy) is 1. The largest absolute Gasteiger partial charge is 0.394 e. The number of hydrogen-bond donors (Lipinski definition) is 7. The average Bonchev–Trinajstić information content (AvgIpc) is 2.51. The monoisotopic (exact) mass is 349 g/mol. The molecule has 1 rings (SSSR count). The van der Waals surface area contributed by atoms with Crippen LogP contribution in [0.5, 0.6) is 0 Å². The van der Waals surface area contributed by atoms with Gasteiger partial charge in [0, 0.05) is 0 Å². The minimum Gasteiger partial charge on any atom is -0.394 e. The van der Waals surface area contributed by atoms with Gasteiger partial charge in [0.05, 0.1) is 12.6 Å². The maximum absolute atomic E-state index is 12.4. The second-order valence-electron chi connectivity index (χ2n) is 6.28. The van der Waals surface area contributed by atoms with Crippen LogP contribution in [-0.2, 0) is 14.3 Å². The van der Waals surface area contributed by atoms with Crippen molar-refractivity contribution in [1.29, 1.82) is 0 Å². The molecule has 1 aliphatic rings. The summed E-state index contributed by atoms with van der Waals surface area (Å²) in [4.78, 5) is 24.1. The highest BCUT2D eigenvalue weighted by molar-refractivity contribution is 5.89. The Morgan fingerprint density at radius 1 is 1.12 bits per heavy atom. The number of amides is 2. The molecule has 24 heavy (non-hydrogen) atoms. The zero-order chi connectivity index (χ0) is 18.6. The standard InChI is InChI=1S/C14H27N3O7/c1-5(2)8(16-12(21)6(3)15)13(22)17-9-11(20)10(19)7(4-18)24-14(9)23/h5-11,14,18-20,23H,4,15H2,1-3H3,(H,16,21)(H,17,22)/t6-,7+,8-,9+,10-,11+,14+/m1/s1. The van der Waals surface area contributed by atoms with E-state index in [9.17, 15) is 24.9 Å². The predicted octanol–water partition coefficient (Wildman–Crippen LogP) is -3.61. The van der Waals surface area contributed by atoms with Gasteiger partial charge in [-0.15, -0.1) is 0 Å². The Bertz CT molecular complexity index is 446. The van der Waals surface area contributed by atoms with E-state index in [-0.39, 0.29) is 5.92 Å². The van der Waals surface area contributed by atoms with Crippen molar-refractivity contribution in [2.45, 2.75) is 63.5 Å². The Balaban J connectivity index is 2.81. The first-order valence-corrected chi connectivity index (χ1v) is 7.77. The van der Waals surface area contributed by atoms with Crippen LogP contribution in [0.4, 0.5) is 0 Å². The molecule has 7 atom stereocenters. The lowest BCUT2D eigenvalue weighted by Gasteiger charge is -2.40. The highest BCUT2D eigenvalue weighted by atomic mass is 16.6. The lowest BCUT2D eigenvalue weighted by Crippen LogP contribution is -2.66. The molecule has 0 saturated carbocycles. The number of aliphatic hydroxyl groups is 4. The summed E-state index contributed by atoms with van der Waals surface area (Å²) in [6.45, 7) is 4.27. The van der Waals surface area contributed by atoms with Crippen LogP contribution < -0.4 is 16.4 Å². The maximum atomic E-state index is 12.4. The van der Waals surface area contributed by atoms with Gasteiger partial charge in [0.1, 0.15) is 30.4 Å². The van der Waals surface area contributed by atoms with Crippen molar-refractivity contribution in [2.75, 3.05) is 6.61 Å². The van der Waals surface area contributed by atoms with Gasteiger partial charge in [-0.1, -0.05) is 13.8 Å². The quantitative estimate of drug-likeness (QED) is 0.257. The zero-order valence-corrected chi connectivity index (χ0v) is 13.9. The summed E-state index contributed by atoms with van der Waals surface area (Å²) in [7, 11) is 0. The van der Waals surface area contributed by atoms with Crippen molar-refractivity contribution in [1.82, 2.24) is 10.6 Å². The van der Waals surface area contributed by atoms with E-state index in [0.717, 1.165) is 0 Å². The summed E-state index contributed by atoms with van der Waals surface area (Å²) >= 11 is 0. The lowest BCUT2D eigenvalue weighted by molar-refractivity contribution is -0.254. The first-order chi connectivity index (χ1) is 11.1. The molecular weight excluding hydrogens is 322 g/mol. The van der Waals surface area contributed by atoms with Crippen molar-refractivity contribution >= 4 is 11.8 Å². The molecule has 2 amide bonds. The molecule has 1 saturated heterocycles. The molecule has 1 aliphatic heterocycles. The SMILES string of the molecule is CC(C)[C@@H](NC(=O)[C@@H](C)N)C(=O)N[C@H]1[C@H](O)[C@H](O)[C@H](CO)O[C@@H]1O. The lowest BCUT2D eigenvalue weighted by atomic mass is 9.95. The maximum Gasteiger partial charge on any atom is 0.243 e. The minimum absolute atomic E-state index is 0.290. The number of carbonyl (C=O) groups is 2.